The van der Waals surface area contributed by atoms with Crippen molar-refractivity contribution in [2.45, 2.75) is 0 Å². The molecular weight excluding hydrogens is 131 g/mol. The van der Waals surface area contributed by atoms with E-state index < -0.39 is 0 Å². The van der Waals surface area contributed by atoms with E-state index >= 15 is 0 Å². The molecule has 0 aliphatic rings. The van der Waals surface area contributed by atoms with E-state index in [2.05, 4.69) is 4.42 Å². The summed E-state index contributed by atoms with van der Waals surface area (Å²) in [6.07, 6.45) is 0. The summed E-state index contributed by atoms with van der Waals surface area (Å²) in [7, 11) is 0. The number of furan rings is 1. The molecule has 2 N–H and O–H groups in total. The molecule has 8 heavy (non-hydrogen) atoms. The van der Waals surface area contributed by atoms with Crippen molar-refractivity contribution >= 4 is 11.6 Å². The highest BCUT2D eigenvalue weighted by Gasteiger charge is 2.03. The van der Waals surface area contributed by atoms with Crippen LogP contribution in [0.3, 0.4) is 0 Å². The molecule has 44 valence electrons. The van der Waals surface area contributed by atoms with Crippen LogP contribution in [0.1, 0.15) is 0 Å². The molecule has 0 aliphatic carbocycles. The summed E-state index contributed by atoms with van der Waals surface area (Å²) in [5.41, 5.74) is 0. The van der Waals surface area contributed by atoms with Gasteiger partial charge < -0.3 is 14.6 Å². The number of hydrogen-bond acceptors (Lipinski definition) is 3. The van der Waals surface area contributed by atoms with Crippen LogP contribution >= 0.6 is 11.6 Å². The highest BCUT2D eigenvalue weighted by atomic mass is 35.5. The van der Waals surface area contributed by atoms with Crippen LogP contribution in [0.25, 0.3) is 0 Å². The summed E-state index contributed by atoms with van der Waals surface area (Å²) < 4.78 is 4.29. The molecule has 0 aromatic carbocycles. The maximum Gasteiger partial charge on any atom is 0.287 e. The standard InChI is InChI=1S/C4H3ClO3/c5-4-2(6)1-3(7)8-4/h1,6-7H. The Morgan fingerprint density at radius 2 is 2.12 bits per heavy atom. The molecule has 0 fully saturated rings. The monoisotopic (exact) mass is 134 g/mol. The van der Waals surface area contributed by atoms with E-state index in [0.29, 0.717) is 0 Å². The third kappa shape index (κ3) is 0.721. The Hall–Kier alpha value is -0.830. The van der Waals surface area contributed by atoms with Gasteiger partial charge in [-0.05, 0) is 11.6 Å². The van der Waals surface area contributed by atoms with Gasteiger partial charge in [-0.15, -0.1) is 0 Å². The Labute approximate surface area is 50.1 Å². The Morgan fingerprint density at radius 3 is 2.25 bits per heavy atom. The number of aromatic hydroxyl groups is 2. The van der Waals surface area contributed by atoms with Crippen LogP contribution in [0.5, 0.6) is 11.7 Å². The molecule has 0 amide bonds. The van der Waals surface area contributed by atoms with Gasteiger partial charge in [-0.3, -0.25) is 0 Å². The molecule has 1 aromatic heterocycles. The first-order valence-corrected chi connectivity index (χ1v) is 2.25. The largest absolute Gasteiger partial charge is 0.503 e. The average molecular weight is 135 g/mol. The zero-order chi connectivity index (χ0) is 6.15. The molecule has 1 rings (SSSR count). The van der Waals surface area contributed by atoms with Crippen LogP contribution in [0, 0.1) is 0 Å². The third-order valence-corrected chi connectivity index (χ3v) is 0.927. The molecule has 0 saturated heterocycles. The maximum absolute atomic E-state index is 8.55. The van der Waals surface area contributed by atoms with Crippen molar-refractivity contribution in [3.8, 4) is 11.7 Å². The van der Waals surface area contributed by atoms with Crippen molar-refractivity contribution in [3.05, 3.63) is 11.3 Å². The van der Waals surface area contributed by atoms with Gasteiger partial charge in [0.25, 0.3) is 5.95 Å². The first-order valence-electron chi connectivity index (χ1n) is 1.87. The van der Waals surface area contributed by atoms with Gasteiger partial charge in [0.1, 0.15) is 0 Å². The molecular formula is C4H3ClO3. The lowest BCUT2D eigenvalue weighted by atomic mass is 10.6. The van der Waals surface area contributed by atoms with Gasteiger partial charge >= 0.3 is 0 Å². The van der Waals surface area contributed by atoms with Gasteiger partial charge in [0.15, 0.2) is 5.75 Å². The number of hydrogen-bond donors (Lipinski definition) is 2. The Morgan fingerprint density at radius 1 is 1.50 bits per heavy atom. The second-order valence-electron chi connectivity index (χ2n) is 1.24. The first kappa shape index (κ1) is 5.31. The third-order valence-electron chi connectivity index (χ3n) is 0.656. The predicted octanol–water partition coefficient (Wildman–Crippen LogP) is 1.34. The second-order valence-corrected chi connectivity index (χ2v) is 1.59. The van der Waals surface area contributed by atoms with Crippen molar-refractivity contribution in [1.29, 1.82) is 0 Å². The van der Waals surface area contributed by atoms with Gasteiger partial charge in [-0.2, -0.15) is 0 Å². The zero-order valence-corrected chi connectivity index (χ0v) is 4.51. The van der Waals surface area contributed by atoms with Gasteiger partial charge in [0.2, 0.25) is 5.22 Å². The zero-order valence-electron chi connectivity index (χ0n) is 3.76. The summed E-state index contributed by atoms with van der Waals surface area (Å²) in [6.45, 7) is 0. The van der Waals surface area contributed by atoms with E-state index in [1.807, 2.05) is 0 Å². The van der Waals surface area contributed by atoms with Gasteiger partial charge in [-0.25, -0.2) is 0 Å². The molecule has 0 aliphatic heterocycles. The first-order chi connectivity index (χ1) is 3.70. The van der Waals surface area contributed by atoms with Gasteiger partial charge in [-0.1, -0.05) is 0 Å². The highest BCUT2D eigenvalue weighted by Crippen LogP contribution is 2.30. The molecule has 1 aromatic rings. The SMILES string of the molecule is Oc1cc(O)c(Cl)o1. The topological polar surface area (TPSA) is 53.6 Å². The number of rotatable bonds is 0. The van der Waals surface area contributed by atoms with E-state index in [1.165, 1.54) is 0 Å². The van der Waals surface area contributed by atoms with Crippen LogP contribution < -0.4 is 0 Å². The molecule has 0 atom stereocenters. The van der Waals surface area contributed by atoms with Crippen LogP contribution in [-0.4, -0.2) is 10.2 Å². The second kappa shape index (κ2) is 1.59. The summed E-state index contributed by atoms with van der Waals surface area (Å²) >= 11 is 5.15. The van der Waals surface area contributed by atoms with Crippen molar-refractivity contribution in [1.82, 2.24) is 0 Å². The van der Waals surface area contributed by atoms with Crippen molar-refractivity contribution in [3.63, 3.8) is 0 Å². The van der Waals surface area contributed by atoms with E-state index in [0.717, 1.165) is 6.07 Å². The quantitative estimate of drug-likeness (QED) is 0.563. The Bertz CT molecular complexity index is 174. The van der Waals surface area contributed by atoms with E-state index in [-0.39, 0.29) is 16.9 Å². The lowest BCUT2D eigenvalue weighted by Crippen LogP contribution is -1.48. The lowest BCUT2D eigenvalue weighted by molar-refractivity contribution is 0.332. The normalized spacial score (nSPS) is 9.62. The fourth-order valence-corrected chi connectivity index (χ4v) is 0.481. The molecule has 0 spiro atoms. The van der Waals surface area contributed by atoms with Crippen LogP contribution in [0.4, 0.5) is 0 Å². The van der Waals surface area contributed by atoms with Gasteiger partial charge in [0, 0.05) is 0 Å². The molecule has 1 heterocycles. The van der Waals surface area contributed by atoms with E-state index in [4.69, 9.17) is 21.8 Å². The minimum Gasteiger partial charge on any atom is -0.503 e. The molecule has 0 radical (unpaired) electrons. The van der Waals surface area contributed by atoms with Crippen molar-refractivity contribution < 1.29 is 14.6 Å². The van der Waals surface area contributed by atoms with Gasteiger partial charge in [0.05, 0.1) is 6.07 Å². The summed E-state index contributed by atoms with van der Waals surface area (Å²) in [6, 6.07) is 1.02. The summed E-state index contributed by atoms with van der Waals surface area (Å²) in [5.74, 6) is -0.628. The minimum atomic E-state index is -0.382. The summed E-state index contributed by atoms with van der Waals surface area (Å²) in [4.78, 5) is 0. The minimum absolute atomic E-state index is 0.192. The average Bonchev–Trinajstić information content (AvgIpc) is 1.85. The highest BCUT2D eigenvalue weighted by molar-refractivity contribution is 6.30. The molecule has 0 unspecified atom stereocenters. The fourth-order valence-electron chi connectivity index (χ4n) is 0.347. The fraction of sp³-hybridized carbons (Fsp3) is 0. The Kier molecular flexibility index (Phi) is 1.06. The molecule has 0 saturated carbocycles. The van der Waals surface area contributed by atoms with Crippen LogP contribution in [0.15, 0.2) is 10.5 Å². The molecule has 3 nitrogen and oxygen atoms in total. The Balaban J connectivity index is 3.14. The predicted molar refractivity (Wildman–Crippen MR) is 27.0 cm³/mol. The van der Waals surface area contributed by atoms with Crippen LogP contribution in [0.2, 0.25) is 5.22 Å². The lowest BCUT2D eigenvalue weighted by Gasteiger charge is -1.76. The molecule has 0 bridgehead atoms. The van der Waals surface area contributed by atoms with Crippen molar-refractivity contribution in [2.75, 3.05) is 0 Å². The number of halogens is 1. The summed E-state index contributed by atoms with van der Waals surface area (Å²) in [5, 5.41) is 16.8. The van der Waals surface area contributed by atoms with E-state index in [1.54, 1.807) is 0 Å². The smallest absolute Gasteiger partial charge is 0.287 e. The maximum atomic E-state index is 8.55. The van der Waals surface area contributed by atoms with Crippen molar-refractivity contribution in [2.24, 2.45) is 0 Å². The van der Waals surface area contributed by atoms with E-state index in [9.17, 15) is 0 Å². The van der Waals surface area contributed by atoms with Crippen LogP contribution in [-0.2, 0) is 0 Å². The molecule has 4 heteroatoms.